The third kappa shape index (κ3) is 6.81. The fourth-order valence-electron chi connectivity index (χ4n) is 3.77. The summed E-state index contributed by atoms with van der Waals surface area (Å²) < 4.78 is 59.2. The molecule has 36 heavy (non-hydrogen) atoms. The first kappa shape index (κ1) is 27.1. The van der Waals surface area contributed by atoms with Crippen molar-refractivity contribution in [3.05, 3.63) is 87.3 Å². The summed E-state index contributed by atoms with van der Waals surface area (Å²) in [6.45, 7) is 3.19. The van der Waals surface area contributed by atoms with Crippen LogP contribution in [0.1, 0.15) is 36.8 Å². The number of aryl methyl sites for hydroxylation is 1. The SMILES string of the molecule is CCOC(=O)COc1ccc(Oc2ccc(C(C)[C@@H](c3ccc(=O)n(C)c3)C(F)(F)F)c(Cl)c2)cc1. The van der Waals surface area contributed by atoms with Crippen molar-refractivity contribution in [1.29, 1.82) is 0 Å². The third-order valence-corrected chi connectivity index (χ3v) is 5.83. The molecule has 0 amide bonds. The molecule has 0 aliphatic rings. The van der Waals surface area contributed by atoms with E-state index in [2.05, 4.69) is 0 Å². The van der Waals surface area contributed by atoms with E-state index in [0.29, 0.717) is 22.8 Å². The normalized spacial score (nSPS) is 13.1. The van der Waals surface area contributed by atoms with Crippen LogP contribution in [0.4, 0.5) is 13.2 Å². The Hall–Kier alpha value is -3.46. The van der Waals surface area contributed by atoms with Crippen LogP contribution in [-0.4, -0.2) is 29.9 Å². The van der Waals surface area contributed by atoms with Gasteiger partial charge in [0.25, 0.3) is 0 Å². The van der Waals surface area contributed by atoms with Crippen LogP contribution in [0.3, 0.4) is 0 Å². The molecule has 1 unspecified atom stereocenters. The lowest BCUT2D eigenvalue weighted by molar-refractivity contribution is -0.155. The van der Waals surface area contributed by atoms with Crippen LogP contribution in [0.5, 0.6) is 17.2 Å². The molecule has 0 N–H and O–H groups in total. The third-order valence-electron chi connectivity index (χ3n) is 5.50. The smallest absolute Gasteiger partial charge is 0.396 e. The largest absolute Gasteiger partial charge is 0.482 e. The van der Waals surface area contributed by atoms with Crippen molar-refractivity contribution in [3.63, 3.8) is 0 Å². The fourth-order valence-corrected chi connectivity index (χ4v) is 4.11. The maximum Gasteiger partial charge on any atom is 0.396 e. The predicted molar refractivity (Wildman–Crippen MR) is 129 cm³/mol. The van der Waals surface area contributed by atoms with Gasteiger partial charge < -0.3 is 18.8 Å². The molecule has 1 aromatic heterocycles. The van der Waals surface area contributed by atoms with Crippen molar-refractivity contribution in [2.24, 2.45) is 7.05 Å². The molecule has 192 valence electrons. The number of ether oxygens (including phenoxy) is 3. The number of benzene rings is 2. The molecule has 0 spiro atoms. The van der Waals surface area contributed by atoms with Crippen molar-refractivity contribution in [2.75, 3.05) is 13.2 Å². The summed E-state index contributed by atoms with van der Waals surface area (Å²) in [6.07, 6.45) is -3.37. The van der Waals surface area contributed by atoms with Crippen molar-refractivity contribution in [3.8, 4) is 17.2 Å². The summed E-state index contributed by atoms with van der Waals surface area (Å²) in [5.41, 5.74) is -0.132. The molecular formula is C26H25ClF3NO5. The first-order valence-electron chi connectivity index (χ1n) is 11.1. The van der Waals surface area contributed by atoms with E-state index in [1.807, 2.05) is 0 Å². The van der Waals surface area contributed by atoms with Gasteiger partial charge in [-0.3, -0.25) is 4.79 Å². The Balaban J connectivity index is 1.76. The van der Waals surface area contributed by atoms with Gasteiger partial charge in [-0.1, -0.05) is 30.7 Å². The second-order valence-electron chi connectivity index (χ2n) is 8.07. The lowest BCUT2D eigenvalue weighted by Gasteiger charge is -2.28. The maximum absolute atomic E-state index is 14.1. The van der Waals surface area contributed by atoms with E-state index in [1.54, 1.807) is 31.2 Å². The number of carbonyl (C=O) groups is 1. The number of esters is 1. The molecule has 0 fully saturated rings. The number of aromatic nitrogens is 1. The second kappa shape index (κ2) is 11.5. The Morgan fingerprint density at radius 2 is 1.67 bits per heavy atom. The van der Waals surface area contributed by atoms with Crippen molar-refractivity contribution in [1.82, 2.24) is 4.57 Å². The average Bonchev–Trinajstić information content (AvgIpc) is 2.80. The van der Waals surface area contributed by atoms with E-state index >= 15 is 0 Å². The molecule has 0 bridgehead atoms. The van der Waals surface area contributed by atoms with Crippen LogP contribution in [0.2, 0.25) is 5.02 Å². The minimum atomic E-state index is -4.56. The van der Waals surface area contributed by atoms with Crippen molar-refractivity contribution in [2.45, 2.75) is 31.9 Å². The number of carbonyl (C=O) groups excluding carboxylic acids is 1. The summed E-state index contributed by atoms with van der Waals surface area (Å²) in [7, 11) is 1.40. The highest BCUT2D eigenvalue weighted by Gasteiger charge is 2.45. The van der Waals surface area contributed by atoms with Crippen LogP contribution >= 0.6 is 11.6 Å². The lowest BCUT2D eigenvalue weighted by atomic mass is 9.82. The first-order valence-corrected chi connectivity index (χ1v) is 11.5. The van der Waals surface area contributed by atoms with Gasteiger partial charge in [-0.05, 0) is 60.4 Å². The van der Waals surface area contributed by atoms with Gasteiger partial charge in [0.2, 0.25) is 5.56 Å². The van der Waals surface area contributed by atoms with E-state index < -0.39 is 29.5 Å². The number of hydrogen-bond acceptors (Lipinski definition) is 5. The molecule has 2 atom stereocenters. The van der Waals surface area contributed by atoms with E-state index in [-0.39, 0.29) is 23.8 Å². The first-order chi connectivity index (χ1) is 17.0. The quantitative estimate of drug-likeness (QED) is 0.311. The molecule has 3 aromatic rings. The number of pyridine rings is 1. The Labute approximate surface area is 211 Å². The van der Waals surface area contributed by atoms with E-state index in [1.165, 1.54) is 44.4 Å². The van der Waals surface area contributed by atoms with Crippen molar-refractivity contribution >= 4 is 17.6 Å². The summed E-state index contributed by atoms with van der Waals surface area (Å²) in [5.74, 6) is -2.16. The van der Waals surface area contributed by atoms with Crippen LogP contribution in [0.25, 0.3) is 0 Å². The molecule has 0 aliphatic carbocycles. The molecule has 10 heteroatoms. The number of rotatable bonds is 9. The van der Waals surface area contributed by atoms with Gasteiger partial charge in [0, 0.05) is 24.3 Å². The lowest BCUT2D eigenvalue weighted by Crippen LogP contribution is -2.28. The van der Waals surface area contributed by atoms with Crippen LogP contribution < -0.4 is 15.0 Å². The number of halogens is 4. The molecular weight excluding hydrogens is 499 g/mol. The zero-order valence-corrected chi connectivity index (χ0v) is 20.6. The molecule has 1 heterocycles. The topological polar surface area (TPSA) is 66.8 Å². The number of nitrogens with zero attached hydrogens (tertiary/aromatic N) is 1. The summed E-state index contributed by atoms with van der Waals surface area (Å²) in [4.78, 5) is 23.0. The zero-order valence-electron chi connectivity index (χ0n) is 19.8. The summed E-state index contributed by atoms with van der Waals surface area (Å²) in [6, 6.07) is 13.2. The van der Waals surface area contributed by atoms with Crippen molar-refractivity contribution < 1.29 is 32.2 Å². The van der Waals surface area contributed by atoms with Gasteiger partial charge in [0.05, 0.1) is 12.5 Å². The highest BCUT2D eigenvalue weighted by atomic mass is 35.5. The predicted octanol–water partition coefficient (Wildman–Crippen LogP) is 6.22. The minimum absolute atomic E-state index is 0.0289. The molecule has 0 aliphatic heterocycles. The van der Waals surface area contributed by atoms with Gasteiger partial charge in [0.15, 0.2) is 6.61 Å². The van der Waals surface area contributed by atoms with Crippen LogP contribution in [0.15, 0.2) is 65.6 Å². The average molecular weight is 524 g/mol. The molecule has 0 radical (unpaired) electrons. The monoisotopic (exact) mass is 523 g/mol. The Kier molecular flexibility index (Phi) is 8.68. The van der Waals surface area contributed by atoms with E-state index in [9.17, 15) is 22.8 Å². The van der Waals surface area contributed by atoms with Gasteiger partial charge in [-0.25, -0.2) is 4.79 Å². The highest BCUT2D eigenvalue weighted by molar-refractivity contribution is 6.31. The number of hydrogen-bond donors (Lipinski definition) is 0. The number of alkyl halides is 3. The minimum Gasteiger partial charge on any atom is -0.482 e. The molecule has 3 rings (SSSR count). The van der Waals surface area contributed by atoms with Crippen LogP contribution in [-0.2, 0) is 16.6 Å². The summed E-state index contributed by atoms with van der Waals surface area (Å²) >= 11 is 6.38. The highest BCUT2D eigenvalue weighted by Crippen LogP contribution is 2.46. The standard InChI is InChI=1S/C26H25ClF3NO5/c1-4-34-24(33)15-35-18-6-8-19(9-7-18)36-20-10-11-21(22(27)13-20)16(2)25(26(28,29)30)17-5-12-23(32)31(3)14-17/h5-14,16,25H,4,15H2,1-3H3/t16?,25-/m0/s1. The van der Waals surface area contributed by atoms with Gasteiger partial charge in [0.1, 0.15) is 17.2 Å². The summed E-state index contributed by atoms with van der Waals surface area (Å²) in [5, 5.41) is 0.119. The molecule has 0 saturated heterocycles. The van der Waals surface area contributed by atoms with Gasteiger partial charge in [-0.2, -0.15) is 13.2 Å². The fraction of sp³-hybridized carbons (Fsp3) is 0.308. The Bertz CT molecular complexity index is 1260. The Morgan fingerprint density at radius 3 is 2.25 bits per heavy atom. The van der Waals surface area contributed by atoms with Gasteiger partial charge >= 0.3 is 12.1 Å². The van der Waals surface area contributed by atoms with Gasteiger partial charge in [-0.15, -0.1) is 0 Å². The molecule has 0 saturated carbocycles. The Morgan fingerprint density at radius 1 is 1.03 bits per heavy atom. The second-order valence-corrected chi connectivity index (χ2v) is 8.48. The van der Waals surface area contributed by atoms with Crippen LogP contribution in [0, 0.1) is 0 Å². The zero-order chi connectivity index (χ0) is 26.5. The van der Waals surface area contributed by atoms with E-state index in [0.717, 1.165) is 10.6 Å². The maximum atomic E-state index is 14.1. The van der Waals surface area contributed by atoms with E-state index in [4.69, 9.17) is 25.8 Å². The molecule has 2 aromatic carbocycles. The molecule has 6 nitrogen and oxygen atoms in total.